The SMILES string of the molecule is O=CC1=CC(Br)CC=C1O. The van der Waals surface area contributed by atoms with E-state index in [1.165, 1.54) is 0 Å². The molecule has 0 spiro atoms. The van der Waals surface area contributed by atoms with Crippen LogP contribution < -0.4 is 0 Å². The largest absolute Gasteiger partial charge is 0.508 e. The fourth-order valence-corrected chi connectivity index (χ4v) is 1.26. The lowest BCUT2D eigenvalue weighted by molar-refractivity contribution is -0.104. The number of carbonyl (C=O) groups is 1. The maximum atomic E-state index is 10.2. The van der Waals surface area contributed by atoms with E-state index in [-0.39, 0.29) is 10.6 Å². The van der Waals surface area contributed by atoms with Gasteiger partial charge in [-0.05, 0) is 12.5 Å². The topological polar surface area (TPSA) is 37.3 Å². The Hall–Kier alpha value is -0.570. The summed E-state index contributed by atoms with van der Waals surface area (Å²) in [5.74, 6) is 0.0886. The van der Waals surface area contributed by atoms with Crippen molar-refractivity contribution in [3.8, 4) is 0 Å². The van der Waals surface area contributed by atoms with E-state index in [1.54, 1.807) is 12.2 Å². The van der Waals surface area contributed by atoms with E-state index in [0.717, 1.165) is 6.42 Å². The fraction of sp³-hybridized carbons (Fsp3) is 0.286. The molecule has 0 aromatic heterocycles. The molecule has 0 saturated heterocycles. The van der Waals surface area contributed by atoms with Crippen molar-refractivity contribution in [2.45, 2.75) is 11.2 Å². The van der Waals surface area contributed by atoms with Crippen molar-refractivity contribution in [3.63, 3.8) is 0 Å². The average Bonchev–Trinajstić information content (AvgIpc) is 1.94. The van der Waals surface area contributed by atoms with Gasteiger partial charge in [-0.25, -0.2) is 0 Å². The number of halogens is 1. The van der Waals surface area contributed by atoms with Crippen molar-refractivity contribution >= 4 is 22.2 Å². The Labute approximate surface area is 67.4 Å². The molecule has 10 heavy (non-hydrogen) atoms. The summed E-state index contributed by atoms with van der Waals surface area (Å²) in [6.07, 6.45) is 4.72. The third-order valence-electron chi connectivity index (χ3n) is 1.32. The number of hydrogen-bond donors (Lipinski definition) is 1. The number of alkyl halides is 1. The van der Waals surface area contributed by atoms with Crippen molar-refractivity contribution in [1.29, 1.82) is 0 Å². The van der Waals surface area contributed by atoms with Crippen LogP contribution >= 0.6 is 15.9 Å². The number of aliphatic hydroxyl groups is 1. The van der Waals surface area contributed by atoms with Crippen molar-refractivity contribution in [2.24, 2.45) is 0 Å². The van der Waals surface area contributed by atoms with Crippen LogP contribution in [0.25, 0.3) is 0 Å². The average molecular weight is 203 g/mol. The van der Waals surface area contributed by atoms with Gasteiger partial charge in [-0.15, -0.1) is 0 Å². The monoisotopic (exact) mass is 202 g/mol. The van der Waals surface area contributed by atoms with Gasteiger partial charge < -0.3 is 5.11 Å². The minimum atomic E-state index is 0.0886. The lowest BCUT2D eigenvalue weighted by Crippen LogP contribution is -2.03. The zero-order valence-electron chi connectivity index (χ0n) is 5.25. The van der Waals surface area contributed by atoms with Crippen LogP contribution in [0.3, 0.4) is 0 Å². The first-order valence-electron chi connectivity index (χ1n) is 2.94. The first-order valence-corrected chi connectivity index (χ1v) is 3.86. The van der Waals surface area contributed by atoms with E-state index in [0.29, 0.717) is 11.9 Å². The summed E-state index contributed by atoms with van der Waals surface area (Å²) >= 11 is 3.31. The van der Waals surface area contributed by atoms with Crippen LogP contribution in [0.1, 0.15) is 6.42 Å². The molecule has 1 atom stereocenters. The number of hydrogen-bond acceptors (Lipinski definition) is 2. The van der Waals surface area contributed by atoms with Crippen LogP contribution in [0.4, 0.5) is 0 Å². The molecule has 54 valence electrons. The van der Waals surface area contributed by atoms with Crippen LogP contribution in [0, 0.1) is 0 Å². The highest BCUT2D eigenvalue weighted by Gasteiger charge is 2.10. The number of allylic oxidation sites excluding steroid dienone is 3. The molecule has 0 aliphatic heterocycles. The van der Waals surface area contributed by atoms with Gasteiger partial charge >= 0.3 is 0 Å². The van der Waals surface area contributed by atoms with Crippen molar-refractivity contribution in [3.05, 3.63) is 23.5 Å². The zero-order valence-corrected chi connectivity index (χ0v) is 6.84. The van der Waals surface area contributed by atoms with E-state index in [4.69, 9.17) is 5.11 Å². The van der Waals surface area contributed by atoms with Gasteiger partial charge in [0.15, 0.2) is 6.29 Å². The highest BCUT2D eigenvalue weighted by molar-refractivity contribution is 9.09. The van der Waals surface area contributed by atoms with Gasteiger partial charge in [0.25, 0.3) is 0 Å². The summed E-state index contributed by atoms with van der Waals surface area (Å²) in [5, 5.41) is 9.03. The highest BCUT2D eigenvalue weighted by Crippen LogP contribution is 2.19. The molecule has 0 heterocycles. The Kier molecular flexibility index (Phi) is 2.27. The highest BCUT2D eigenvalue weighted by atomic mass is 79.9. The predicted molar refractivity (Wildman–Crippen MR) is 42.2 cm³/mol. The smallest absolute Gasteiger partial charge is 0.153 e. The number of rotatable bonds is 1. The van der Waals surface area contributed by atoms with Crippen LogP contribution in [0.15, 0.2) is 23.5 Å². The Morgan fingerprint density at radius 2 is 2.50 bits per heavy atom. The maximum Gasteiger partial charge on any atom is 0.153 e. The second-order valence-electron chi connectivity index (χ2n) is 2.08. The third-order valence-corrected chi connectivity index (χ3v) is 1.96. The fourth-order valence-electron chi connectivity index (χ4n) is 0.790. The molecule has 0 bridgehead atoms. The van der Waals surface area contributed by atoms with Gasteiger partial charge in [0.2, 0.25) is 0 Å². The van der Waals surface area contributed by atoms with Crippen LogP contribution in [-0.4, -0.2) is 16.2 Å². The number of aliphatic hydroxyl groups excluding tert-OH is 1. The molecule has 1 aliphatic carbocycles. The molecule has 1 aliphatic rings. The standard InChI is InChI=1S/C7H7BrO2/c8-6-1-2-7(10)5(3-6)4-9/h2-4,6,10H,1H2. The van der Waals surface area contributed by atoms with Crippen LogP contribution in [0.5, 0.6) is 0 Å². The molecule has 2 nitrogen and oxygen atoms in total. The molecule has 1 rings (SSSR count). The molecule has 1 N–H and O–H groups in total. The number of aldehydes is 1. The van der Waals surface area contributed by atoms with Gasteiger partial charge in [0.05, 0.1) is 5.57 Å². The van der Waals surface area contributed by atoms with E-state index in [2.05, 4.69) is 15.9 Å². The molecule has 0 saturated carbocycles. The van der Waals surface area contributed by atoms with Gasteiger partial charge in [0.1, 0.15) is 5.76 Å². The Bertz CT molecular complexity index is 206. The summed E-state index contributed by atoms with van der Waals surface area (Å²) in [6.45, 7) is 0. The minimum Gasteiger partial charge on any atom is -0.508 e. The third kappa shape index (κ3) is 1.48. The van der Waals surface area contributed by atoms with Crippen molar-refractivity contribution < 1.29 is 9.90 Å². The Morgan fingerprint density at radius 3 is 3.00 bits per heavy atom. The predicted octanol–water partition coefficient (Wildman–Crippen LogP) is 1.72. The first kappa shape index (κ1) is 7.54. The van der Waals surface area contributed by atoms with Gasteiger partial charge in [0, 0.05) is 4.83 Å². The molecule has 3 heteroatoms. The molecule has 0 fully saturated rings. The van der Waals surface area contributed by atoms with Crippen molar-refractivity contribution in [2.75, 3.05) is 0 Å². The molecule has 0 aromatic rings. The van der Waals surface area contributed by atoms with Crippen molar-refractivity contribution in [1.82, 2.24) is 0 Å². The van der Waals surface area contributed by atoms with Gasteiger partial charge in [-0.2, -0.15) is 0 Å². The van der Waals surface area contributed by atoms with Gasteiger partial charge in [-0.1, -0.05) is 22.0 Å². The molecular weight excluding hydrogens is 196 g/mol. The molecule has 1 unspecified atom stereocenters. The molecule has 0 aromatic carbocycles. The Balaban J connectivity index is 2.83. The lowest BCUT2D eigenvalue weighted by atomic mass is 10.1. The van der Waals surface area contributed by atoms with E-state index < -0.39 is 0 Å². The van der Waals surface area contributed by atoms with E-state index in [1.807, 2.05) is 0 Å². The van der Waals surface area contributed by atoms with E-state index >= 15 is 0 Å². The van der Waals surface area contributed by atoms with Gasteiger partial charge in [-0.3, -0.25) is 4.79 Å². The normalized spacial score (nSPS) is 25.1. The summed E-state index contributed by atoms with van der Waals surface area (Å²) in [4.78, 5) is 10.4. The second-order valence-corrected chi connectivity index (χ2v) is 3.26. The summed E-state index contributed by atoms with van der Waals surface area (Å²) < 4.78 is 0. The summed E-state index contributed by atoms with van der Waals surface area (Å²) in [6, 6.07) is 0. The van der Waals surface area contributed by atoms with Crippen LogP contribution in [-0.2, 0) is 4.79 Å². The number of carbonyl (C=O) groups excluding carboxylic acids is 1. The Morgan fingerprint density at radius 1 is 1.80 bits per heavy atom. The summed E-state index contributed by atoms with van der Waals surface area (Å²) in [7, 11) is 0. The van der Waals surface area contributed by atoms with Crippen LogP contribution in [0.2, 0.25) is 0 Å². The second kappa shape index (κ2) is 3.01. The van der Waals surface area contributed by atoms with E-state index in [9.17, 15) is 4.79 Å². The summed E-state index contributed by atoms with van der Waals surface area (Å²) in [5.41, 5.74) is 0.369. The molecule has 0 amide bonds. The zero-order chi connectivity index (χ0) is 7.56. The lowest BCUT2D eigenvalue weighted by Gasteiger charge is -2.09. The maximum absolute atomic E-state index is 10.2. The molecular formula is C7H7BrO2. The quantitative estimate of drug-likeness (QED) is 0.520. The molecule has 0 radical (unpaired) electrons. The first-order chi connectivity index (χ1) is 4.74. The minimum absolute atomic E-state index is 0.0886.